The first-order valence-corrected chi connectivity index (χ1v) is 6.44. The second-order valence-electron chi connectivity index (χ2n) is 4.68. The molecule has 0 aromatic heterocycles. The van der Waals surface area contributed by atoms with Crippen LogP contribution in [0.15, 0.2) is 47.5 Å². The number of halogens is 1. The lowest BCUT2D eigenvalue weighted by atomic mass is 9.99. The van der Waals surface area contributed by atoms with E-state index in [0.717, 1.165) is 0 Å². The molecule has 6 nitrogen and oxygen atoms in total. The maximum absolute atomic E-state index is 14.0. The average Bonchev–Trinajstić information content (AvgIpc) is 2.65. The van der Waals surface area contributed by atoms with Crippen molar-refractivity contribution >= 4 is 23.0 Å². The van der Waals surface area contributed by atoms with Crippen molar-refractivity contribution in [2.45, 2.75) is 0 Å². The van der Waals surface area contributed by atoms with Crippen molar-refractivity contribution in [1.82, 2.24) is 0 Å². The molecular formula is C15H10FN3O3. The Balaban J connectivity index is 2.23. The lowest BCUT2D eigenvalue weighted by Gasteiger charge is -2.10. The van der Waals surface area contributed by atoms with E-state index in [2.05, 4.69) is 10.3 Å². The van der Waals surface area contributed by atoms with Crippen LogP contribution in [0.1, 0.15) is 11.1 Å². The first-order valence-electron chi connectivity index (χ1n) is 6.44. The van der Waals surface area contributed by atoms with Crippen molar-refractivity contribution in [3.63, 3.8) is 0 Å². The van der Waals surface area contributed by atoms with E-state index in [1.165, 1.54) is 36.4 Å². The van der Waals surface area contributed by atoms with Crippen LogP contribution in [0.4, 0.5) is 15.8 Å². The zero-order chi connectivity index (χ0) is 15.7. The number of fused-ring (bicyclic) bond motifs is 1. The number of anilines is 1. The van der Waals surface area contributed by atoms with Crippen LogP contribution in [0.3, 0.4) is 0 Å². The van der Waals surface area contributed by atoms with E-state index in [4.69, 9.17) is 0 Å². The molecule has 0 saturated carbocycles. The number of nitro groups is 1. The van der Waals surface area contributed by atoms with Gasteiger partial charge in [-0.05, 0) is 18.2 Å². The number of non-ortho nitro benzene ring substituents is 1. The summed E-state index contributed by atoms with van der Waals surface area (Å²) in [5.41, 5.74) is 0.954. The Morgan fingerprint density at radius 1 is 1.18 bits per heavy atom. The van der Waals surface area contributed by atoms with Crippen LogP contribution < -0.4 is 5.32 Å². The molecule has 0 unspecified atom stereocenters. The minimum Gasteiger partial charge on any atom is -0.324 e. The third-order valence-corrected chi connectivity index (χ3v) is 3.25. The van der Waals surface area contributed by atoms with Crippen LogP contribution >= 0.6 is 0 Å². The highest BCUT2D eigenvalue weighted by atomic mass is 19.1. The average molecular weight is 299 g/mol. The normalized spacial score (nSPS) is 13.7. The summed E-state index contributed by atoms with van der Waals surface area (Å²) in [6.45, 7) is -0.174. The molecule has 1 heterocycles. The van der Waals surface area contributed by atoms with Crippen LogP contribution in [0.25, 0.3) is 0 Å². The Bertz CT molecular complexity index is 817. The number of nitro benzene ring substituents is 1. The maximum atomic E-state index is 14.0. The standard InChI is InChI=1S/C15H10FN3O3/c16-12-4-2-1-3-10(12)15-11-7-9(19(21)22)5-6-13(11)18-14(20)8-17-15/h1-7H,8H2,(H,18,20). The monoisotopic (exact) mass is 299 g/mol. The van der Waals surface area contributed by atoms with Gasteiger partial charge in [-0.15, -0.1) is 0 Å². The predicted octanol–water partition coefficient (Wildman–Crippen LogP) is 2.52. The van der Waals surface area contributed by atoms with Crippen LogP contribution in [0.5, 0.6) is 0 Å². The molecule has 0 aliphatic carbocycles. The predicted molar refractivity (Wildman–Crippen MR) is 78.6 cm³/mol. The molecule has 1 amide bonds. The minimum atomic E-state index is -0.550. The maximum Gasteiger partial charge on any atom is 0.270 e. The van der Waals surface area contributed by atoms with Gasteiger partial charge in [0.25, 0.3) is 5.69 Å². The topological polar surface area (TPSA) is 84.6 Å². The van der Waals surface area contributed by atoms with Crippen LogP contribution in [-0.4, -0.2) is 23.1 Å². The van der Waals surface area contributed by atoms with Crippen molar-refractivity contribution in [3.8, 4) is 0 Å². The Labute approximate surface area is 124 Å². The van der Waals surface area contributed by atoms with Crippen molar-refractivity contribution in [2.24, 2.45) is 4.99 Å². The molecular weight excluding hydrogens is 289 g/mol. The molecule has 2 aromatic carbocycles. The van der Waals surface area contributed by atoms with Gasteiger partial charge in [-0.2, -0.15) is 0 Å². The number of hydrogen-bond acceptors (Lipinski definition) is 4. The number of amides is 1. The van der Waals surface area contributed by atoms with Gasteiger partial charge in [-0.3, -0.25) is 19.9 Å². The number of nitrogens with one attached hydrogen (secondary N) is 1. The summed E-state index contributed by atoms with van der Waals surface area (Å²) in [6.07, 6.45) is 0. The molecule has 110 valence electrons. The van der Waals surface area contributed by atoms with Gasteiger partial charge in [-0.1, -0.05) is 12.1 Å². The number of rotatable bonds is 2. The fraction of sp³-hybridized carbons (Fsp3) is 0.0667. The van der Waals surface area contributed by atoms with Gasteiger partial charge in [0.2, 0.25) is 5.91 Å². The number of nitrogens with zero attached hydrogens (tertiary/aromatic N) is 2. The largest absolute Gasteiger partial charge is 0.324 e. The highest BCUT2D eigenvalue weighted by molar-refractivity contribution is 6.19. The van der Waals surface area contributed by atoms with Gasteiger partial charge in [0.1, 0.15) is 12.4 Å². The summed E-state index contributed by atoms with van der Waals surface area (Å²) < 4.78 is 14.0. The summed E-state index contributed by atoms with van der Waals surface area (Å²) >= 11 is 0. The summed E-state index contributed by atoms with van der Waals surface area (Å²) in [7, 11) is 0. The van der Waals surface area contributed by atoms with Crippen molar-refractivity contribution in [2.75, 3.05) is 11.9 Å². The van der Waals surface area contributed by atoms with Gasteiger partial charge in [-0.25, -0.2) is 4.39 Å². The van der Waals surface area contributed by atoms with E-state index in [1.807, 2.05) is 0 Å². The molecule has 1 aliphatic rings. The SMILES string of the molecule is O=C1CN=C(c2ccccc2F)c2cc([N+](=O)[O-])ccc2N1. The third-order valence-electron chi connectivity index (χ3n) is 3.25. The molecule has 0 fully saturated rings. The number of benzene rings is 2. The van der Waals surface area contributed by atoms with Crippen LogP contribution in [-0.2, 0) is 4.79 Å². The van der Waals surface area contributed by atoms with E-state index >= 15 is 0 Å². The van der Waals surface area contributed by atoms with Crippen molar-refractivity contribution in [3.05, 3.63) is 69.5 Å². The summed E-state index contributed by atoms with van der Waals surface area (Å²) in [5, 5.41) is 13.6. The number of carbonyl (C=O) groups is 1. The molecule has 3 rings (SSSR count). The fourth-order valence-electron chi connectivity index (χ4n) is 2.26. The molecule has 22 heavy (non-hydrogen) atoms. The first kappa shape index (κ1) is 13.9. The van der Waals surface area contributed by atoms with Crippen LogP contribution in [0, 0.1) is 15.9 Å². The third kappa shape index (κ3) is 2.44. The molecule has 7 heteroatoms. The molecule has 0 saturated heterocycles. The molecule has 2 aromatic rings. The van der Waals surface area contributed by atoms with Gasteiger partial charge < -0.3 is 5.32 Å². The fourth-order valence-corrected chi connectivity index (χ4v) is 2.26. The molecule has 1 N–H and O–H groups in total. The minimum absolute atomic E-state index is 0.154. The molecule has 0 atom stereocenters. The Morgan fingerprint density at radius 2 is 1.95 bits per heavy atom. The van der Waals surface area contributed by atoms with E-state index in [1.54, 1.807) is 6.07 Å². The van der Waals surface area contributed by atoms with E-state index < -0.39 is 10.7 Å². The molecule has 0 spiro atoms. The molecule has 1 aliphatic heterocycles. The molecule has 0 bridgehead atoms. The summed E-state index contributed by atoms with van der Waals surface area (Å²) in [4.78, 5) is 26.2. The second-order valence-corrected chi connectivity index (χ2v) is 4.68. The van der Waals surface area contributed by atoms with Gasteiger partial charge in [0, 0.05) is 23.3 Å². The number of carbonyl (C=O) groups excluding carboxylic acids is 1. The highest BCUT2D eigenvalue weighted by Crippen LogP contribution is 2.27. The summed E-state index contributed by atoms with van der Waals surface area (Å²) in [6, 6.07) is 9.95. The Kier molecular flexibility index (Phi) is 3.38. The van der Waals surface area contributed by atoms with E-state index in [9.17, 15) is 19.3 Å². The summed E-state index contributed by atoms with van der Waals surface area (Å²) in [5.74, 6) is -0.866. The number of hydrogen-bond donors (Lipinski definition) is 1. The van der Waals surface area contributed by atoms with Gasteiger partial charge in [0.05, 0.1) is 16.3 Å². The van der Waals surface area contributed by atoms with Crippen molar-refractivity contribution < 1.29 is 14.1 Å². The smallest absolute Gasteiger partial charge is 0.270 e. The number of benzodiazepines with no additional fused rings is 1. The number of aliphatic imine (C=N–C) groups is 1. The van der Waals surface area contributed by atoms with Gasteiger partial charge in [0.15, 0.2) is 0 Å². The van der Waals surface area contributed by atoms with Gasteiger partial charge >= 0.3 is 0 Å². The Hall–Kier alpha value is -3.09. The van der Waals surface area contributed by atoms with Crippen molar-refractivity contribution in [1.29, 1.82) is 0 Å². The second kappa shape index (κ2) is 5.36. The lowest BCUT2D eigenvalue weighted by Crippen LogP contribution is -2.13. The Morgan fingerprint density at radius 3 is 2.68 bits per heavy atom. The zero-order valence-corrected chi connectivity index (χ0v) is 11.2. The lowest BCUT2D eigenvalue weighted by molar-refractivity contribution is -0.384. The van der Waals surface area contributed by atoms with Crippen LogP contribution in [0.2, 0.25) is 0 Å². The van der Waals surface area contributed by atoms with E-state index in [-0.39, 0.29) is 29.4 Å². The quantitative estimate of drug-likeness (QED) is 0.683. The zero-order valence-electron chi connectivity index (χ0n) is 11.2. The highest BCUT2D eigenvalue weighted by Gasteiger charge is 2.22. The molecule has 0 radical (unpaired) electrons. The van der Waals surface area contributed by atoms with E-state index in [0.29, 0.717) is 11.3 Å². The first-order chi connectivity index (χ1) is 10.6.